The second-order valence-electron chi connectivity index (χ2n) is 7.84. The monoisotopic (exact) mass is 274 g/mol. The molecule has 0 aromatic heterocycles. The minimum atomic E-state index is -0.396. The lowest BCUT2D eigenvalue weighted by molar-refractivity contribution is -0.143. The third-order valence-corrected chi connectivity index (χ3v) is 6.56. The highest BCUT2D eigenvalue weighted by molar-refractivity contribution is 5.94. The van der Waals surface area contributed by atoms with Gasteiger partial charge in [-0.1, -0.05) is 32.4 Å². The zero-order valence-corrected chi connectivity index (χ0v) is 13.0. The van der Waals surface area contributed by atoms with Crippen molar-refractivity contribution in [1.82, 2.24) is 0 Å². The first-order valence-electron chi connectivity index (χ1n) is 8.11. The number of carbonyl (C=O) groups excluding carboxylic acids is 2. The van der Waals surface area contributed by atoms with Gasteiger partial charge in [-0.25, -0.2) is 0 Å². The van der Waals surface area contributed by atoms with Crippen molar-refractivity contribution in [2.24, 2.45) is 22.7 Å². The van der Waals surface area contributed by atoms with E-state index in [0.29, 0.717) is 30.3 Å². The number of hydrogen-bond acceptors (Lipinski definition) is 2. The molecule has 0 amide bonds. The molecule has 0 aromatic carbocycles. The molecule has 0 radical (unpaired) electrons. The first kappa shape index (κ1) is 14.0. The maximum absolute atomic E-state index is 12.9. The summed E-state index contributed by atoms with van der Waals surface area (Å²) in [5, 5.41) is 0. The zero-order chi connectivity index (χ0) is 14.5. The molecule has 20 heavy (non-hydrogen) atoms. The van der Waals surface area contributed by atoms with Gasteiger partial charge in [0.05, 0.1) is 0 Å². The van der Waals surface area contributed by atoms with Gasteiger partial charge in [0.15, 0.2) is 0 Å². The van der Waals surface area contributed by atoms with Crippen LogP contribution in [0.5, 0.6) is 0 Å². The van der Waals surface area contributed by atoms with Crippen molar-refractivity contribution < 1.29 is 9.59 Å². The molecule has 110 valence electrons. The van der Waals surface area contributed by atoms with E-state index in [-0.39, 0.29) is 11.3 Å². The lowest BCUT2D eigenvalue weighted by Gasteiger charge is -2.39. The van der Waals surface area contributed by atoms with Crippen molar-refractivity contribution in [3.63, 3.8) is 0 Å². The molecule has 3 atom stereocenters. The average Bonchev–Trinajstić information content (AvgIpc) is 2.65. The van der Waals surface area contributed by atoms with E-state index in [1.807, 2.05) is 0 Å². The topological polar surface area (TPSA) is 34.1 Å². The Morgan fingerprint density at radius 2 is 1.90 bits per heavy atom. The normalized spacial score (nSPS) is 43.0. The summed E-state index contributed by atoms with van der Waals surface area (Å²) < 4.78 is 0. The summed E-state index contributed by atoms with van der Waals surface area (Å²) in [6.45, 7) is 6.62. The standard InChI is InChI=1S/C18H26O2/c1-17(2)12-6-7-13(17)11-16(20)18(3)10-4-5-15(19)14(18)9-8-12/h8,13-14H,4-7,9-11H2,1-3H3/b12-8-/t13-,14-,18-/m1/s1. The van der Waals surface area contributed by atoms with Gasteiger partial charge < -0.3 is 0 Å². The quantitative estimate of drug-likeness (QED) is 0.624. The summed E-state index contributed by atoms with van der Waals surface area (Å²) in [6, 6.07) is 0. The van der Waals surface area contributed by atoms with Crippen LogP contribution < -0.4 is 0 Å². The van der Waals surface area contributed by atoms with Crippen molar-refractivity contribution in [3.05, 3.63) is 11.6 Å². The maximum Gasteiger partial charge on any atom is 0.139 e. The van der Waals surface area contributed by atoms with E-state index >= 15 is 0 Å². The van der Waals surface area contributed by atoms with Gasteiger partial charge in [0, 0.05) is 24.2 Å². The molecule has 3 aliphatic rings. The number of Topliss-reactive ketones (excluding diaryl/α,β-unsaturated/α-hetero) is 2. The van der Waals surface area contributed by atoms with E-state index in [2.05, 4.69) is 26.8 Å². The fraction of sp³-hybridized carbons (Fsp3) is 0.778. The average molecular weight is 274 g/mol. The highest BCUT2D eigenvalue weighted by Crippen LogP contribution is 2.53. The summed E-state index contributed by atoms with van der Waals surface area (Å²) in [5.74, 6) is 1.07. The summed E-state index contributed by atoms with van der Waals surface area (Å²) in [4.78, 5) is 25.3. The molecular formula is C18H26O2. The third kappa shape index (κ3) is 1.91. The van der Waals surface area contributed by atoms with E-state index in [4.69, 9.17) is 0 Å². The van der Waals surface area contributed by atoms with Crippen LogP contribution in [0.2, 0.25) is 0 Å². The Morgan fingerprint density at radius 3 is 2.65 bits per heavy atom. The van der Waals surface area contributed by atoms with E-state index in [1.54, 1.807) is 0 Å². The Balaban J connectivity index is 2.03. The molecule has 0 N–H and O–H groups in total. The summed E-state index contributed by atoms with van der Waals surface area (Å²) in [7, 11) is 0. The van der Waals surface area contributed by atoms with Gasteiger partial charge in [-0.05, 0) is 43.4 Å². The van der Waals surface area contributed by atoms with Gasteiger partial charge >= 0.3 is 0 Å². The molecule has 2 saturated carbocycles. The van der Waals surface area contributed by atoms with Crippen molar-refractivity contribution in [3.8, 4) is 0 Å². The molecule has 2 heteroatoms. The Bertz CT molecular complexity index is 486. The molecule has 0 aliphatic heterocycles. The fourth-order valence-corrected chi connectivity index (χ4v) is 4.77. The third-order valence-electron chi connectivity index (χ3n) is 6.56. The number of hydrogen-bond donors (Lipinski definition) is 0. The molecule has 3 rings (SSSR count). The van der Waals surface area contributed by atoms with E-state index in [9.17, 15) is 9.59 Å². The van der Waals surface area contributed by atoms with E-state index in [1.165, 1.54) is 5.57 Å². The Morgan fingerprint density at radius 1 is 1.15 bits per heavy atom. The predicted molar refractivity (Wildman–Crippen MR) is 79.3 cm³/mol. The van der Waals surface area contributed by atoms with Crippen LogP contribution in [0.15, 0.2) is 11.6 Å². The van der Waals surface area contributed by atoms with Crippen LogP contribution in [0.3, 0.4) is 0 Å². The number of rotatable bonds is 0. The lowest BCUT2D eigenvalue weighted by Crippen LogP contribution is -2.43. The SMILES string of the molecule is CC1(C)/C2=C\C[C@@H]3C(=O)CCC[C@@]3(C)C(=O)C[C@H]1CC2. The summed E-state index contributed by atoms with van der Waals surface area (Å²) >= 11 is 0. The Kier molecular flexibility index (Phi) is 3.19. The van der Waals surface area contributed by atoms with Gasteiger partial charge in [0.1, 0.15) is 11.6 Å². The molecule has 3 aliphatic carbocycles. The number of allylic oxidation sites excluding steroid dienone is 2. The molecule has 2 fully saturated rings. The van der Waals surface area contributed by atoms with Crippen molar-refractivity contribution in [2.45, 2.75) is 65.7 Å². The molecule has 2 bridgehead atoms. The molecular weight excluding hydrogens is 248 g/mol. The lowest BCUT2D eigenvalue weighted by atomic mass is 9.62. The summed E-state index contributed by atoms with van der Waals surface area (Å²) in [6.07, 6.45) is 8.48. The maximum atomic E-state index is 12.9. The van der Waals surface area contributed by atoms with Crippen LogP contribution in [-0.2, 0) is 9.59 Å². The highest BCUT2D eigenvalue weighted by atomic mass is 16.1. The van der Waals surface area contributed by atoms with Crippen LogP contribution in [0.25, 0.3) is 0 Å². The number of ketones is 2. The first-order chi connectivity index (χ1) is 9.35. The minimum absolute atomic E-state index is 0.0635. The summed E-state index contributed by atoms with van der Waals surface area (Å²) in [5.41, 5.74) is 1.23. The Hall–Kier alpha value is -0.920. The molecule has 0 unspecified atom stereocenters. The highest BCUT2D eigenvalue weighted by Gasteiger charge is 2.50. The van der Waals surface area contributed by atoms with Gasteiger partial charge in [0.25, 0.3) is 0 Å². The number of fused-ring (bicyclic) bond motifs is 3. The zero-order valence-electron chi connectivity index (χ0n) is 13.0. The number of carbonyl (C=O) groups is 2. The first-order valence-corrected chi connectivity index (χ1v) is 8.11. The van der Waals surface area contributed by atoms with Crippen LogP contribution >= 0.6 is 0 Å². The minimum Gasteiger partial charge on any atom is -0.299 e. The molecule has 0 heterocycles. The van der Waals surface area contributed by atoms with Crippen LogP contribution in [-0.4, -0.2) is 11.6 Å². The molecule has 2 nitrogen and oxygen atoms in total. The van der Waals surface area contributed by atoms with Crippen LogP contribution in [0.1, 0.15) is 65.7 Å². The second-order valence-corrected chi connectivity index (χ2v) is 7.84. The largest absolute Gasteiger partial charge is 0.299 e. The van der Waals surface area contributed by atoms with Crippen molar-refractivity contribution in [2.75, 3.05) is 0 Å². The molecule has 0 saturated heterocycles. The molecule has 0 aromatic rings. The van der Waals surface area contributed by atoms with Crippen molar-refractivity contribution >= 4 is 11.6 Å². The smallest absolute Gasteiger partial charge is 0.139 e. The predicted octanol–water partition coefficient (Wildman–Crippen LogP) is 4.09. The van der Waals surface area contributed by atoms with Gasteiger partial charge in [-0.3, -0.25) is 9.59 Å². The van der Waals surface area contributed by atoms with E-state index in [0.717, 1.165) is 32.1 Å². The van der Waals surface area contributed by atoms with Gasteiger partial charge in [-0.15, -0.1) is 0 Å². The van der Waals surface area contributed by atoms with Gasteiger partial charge in [0.2, 0.25) is 0 Å². The fourth-order valence-electron chi connectivity index (χ4n) is 4.77. The van der Waals surface area contributed by atoms with Crippen LogP contribution in [0, 0.1) is 22.7 Å². The van der Waals surface area contributed by atoms with E-state index < -0.39 is 5.41 Å². The Labute approximate surface area is 122 Å². The van der Waals surface area contributed by atoms with Gasteiger partial charge in [-0.2, -0.15) is 0 Å². The second kappa shape index (κ2) is 4.54. The molecule has 0 spiro atoms. The van der Waals surface area contributed by atoms with Crippen LogP contribution in [0.4, 0.5) is 0 Å². The van der Waals surface area contributed by atoms with Crippen molar-refractivity contribution in [1.29, 1.82) is 0 Å².